The van der Waals surface area contributed by atoms with Crippen molar-refractivity contribution in [1.82, 2.24) is 0 Å². The normalized spacial score (nSPS) is 13.7. The molecule has 0 aliphatic carbocycles. The highest BCUT2D eigenvalue weighted by molar-refractivity contribution is 6.43. The van der Waals surface area contributed by atoms with E-state index >= 15 is 0 Å². The number of ether oxygens (including phenoxy) is 3. The fourth-order valence-electron chi connectivity index (χ4n) is 2.90. The van der Waals surface area contributed by atoms with Gasteiger partial charge in [0.15, 0.2) is 5.76 Å². The lowest BCUT2D eigenvalue weighted by molar-refractivity contribution is 0.0734. The Morgan fingerprint density at radius 3 is 2.47 bits per heavy atom. The molecule has 1 aliphatic rings. The number of halogens is 2. The summed E-state index contributed by atoms with van der Waals surface area (Å²) in [5.41, 5.74) is 1.29. The summed E-state index contributed by atoms with van der Waals surface area (Å²) < 4.78 is 16.1. The third-order valence-electron chi connectivity index (χ3n) is 4.45. The molecular weight excluding hydrogens is 427 g/mol. The molecule has 1 heterocycles. The van der Waals surface area contributed by atoms with Gasteiger partial charge in [-0.15, -0.1) is 0 Å². The van der Waals surface area contributed by atoms with Crippen LogP contribution in [-0.2, 0) is 0 Å². The highest BCUT2D eigenvalue weighted by Crippen LogP contribution is 2.36. The van der Waals surface area contributed by atoms with Crippen molar-refractivity contribution in [3.05, 3.63) is 93.2 Å². The number of Topliss-reactive ketones (excluding diaryl/α,β-unsaturated/α-hetero) is 1. The maximum atomic E-state index is 12.6. The van der Waals surface area contributed by atoms with Crippen molar-refractivity contribution in [2.75, 3.05) is 7.11 Å². The van der Waals surface area contributed by atoms with Gasteiger partial charge in [-0.2, -0.15) is 0 Å². The minimum Gasteiger partial charge on any atom is -0.497 e. The number of fused-ring (bicyclic) bond motifs is 1. The molecule has 0 unspecified atom stereocenters. The zero-order valence-corrected chi connectivity index (χ0v) is 17.2. The van der Waals surface area contributed by atoms with Crippen LogP contribution in [0.15, 0.2) is 66.4 Å². The van der Waals surface area contributed by atoms with E-state index in [0.717, 1.165) is 0 Å². The fraction of sp³-hybridized carbons (Fsp3) is 0.0435. The van der Waals surface area contributed by atoms with Crippen molar-refractivity contribution in [1.29, 1.82) is 0 Å². The summed E-state index contributed by atoms with van der Waals surface area (Å²) in [7, 11) is 1.54. The summed E-state index contributed by atoms with van der Waals surface area (Å²) in [6, 6.07) is 16.2. The van der Waals surface area contributed by atoms with Crippen LogP contribution in [0.2, 0.25) is 10.0 Å². The Bertz CT molecular complexity index is 1180. The molecule has 3 aromatic rings. The van der Waals surface area contributed by atoms with E-state index in [0.29, 0.717) is 38.2 Å². The summed E-state index contributed by atoms with van der Waals surface area (Å²) in [6.45, 7) is 0. The van der Waals surface area contributed by atoms with Gasteiger partial charge in [0.25, 0.3) is 0 Å². The molecule has 4 rings (SSSR count). The summed E-state index contributed by atoms with van der Waals surface area (Å²) in [5, 5.41) is 0.704. The summed E-state index contributed by atoms with van der Waals surface area (Å²) >= 11 is 12.2. The van der Waals surface area contributed by atoms with Gasteiger partial charge in [0, 0.05) is 6.07 Å². The molecule has 0 atom stereocenters. The van der Waals surface area contributed by atoms with Gasteiger partial charge in [0.05, 0.1) is 28.3 Å². The zero-order chi connectivity index (χ0) is 21.3. The van der Waals surface area contributed by atoms with Crippen LogP contribution in [-0.4, -0.2) is 18.9 Å². The molecule has 0 bridgehead atoms. The molecule has 0 aromatic heterocycles. The Labute approximate surface area is 182 Å². The van der Waals surface area contributed by atoms with Gasteiger partial charge in [0.2, 0.25) is 5.78 Å². The number of methoxy groups -OCH3 is 1. The minimum atomic E-state index is -0.539. The molecule has 5 nitrogen and oxygen atoms in total. The maximum Gasteiger partial charge on any atom is 0.343 e. The van der Waals surface area contributed by atoms with Crippen LogP contribution in [0.1, 0.15) is 26.3 Å². The van der Waals surface area contributed by atoms with Crippen LogP contribution in [0.25, 0.3) is 6.08 Å². The molecule has 0 N–H and O–H groups in total. The largest absolute Gasteiger partial charge is 0.497 e. The number of ketones is 1. The molecule has 7 heteroatoms. The molecule has 1 aliphatic heterocycles. The van der Waals surface area contributed by atoms with Gasteiger partial charge in [0.1, 0.15) is 17.2 Å². The first kappa shape index (κ1) is 20.0. The summed E-state index contributed by atoms with van der Waals surface area (Å²) in [5.74, 6) is 0.453. The zero-order valence-electron chi connectivity index (χ0n) is 15.6. The number of hydrogen-bond donors (Lipinski definition) is 0. The average Bonchev–Trinajstić information content (AvgIpc) is 3.06. The quantitative estimate of drug-likeness (QED) is 0.289. The van der Waals surface area contributed by atoms with Gasteiger partial charge in [-0.1, -0.05) is 35.3 Å². The molecule has 0 spiro atoms. The van der Waals surface area contributed by atoms with Crippen LogP contribution in [0.5, 0.6) is 17.2 Å². The van der Waals surface area contributed by atoms with E-state index in [1.807, 2.05) is 0 Å². The average molecular weight is 441 g/mol. The lowest BCUT2D eigenvalue weighted by Crippen LogP contribution is -2.08. The van der Waals surface area contributed by atoms with E-state index in [4.69, 9.17) is 37.4 Å². The first-order valence-electron chi connectivity index (χ1n) is 8.85. The Morgan fingerprint density at radius 1 is 1.00 bits per heavy atom. The van der Waals surface area contributed by atoms with E-state index in [1.165, 1.54) is 18.2 Å². The first-order chi connectivity index (χ1) is 14.5. The molecule has 0 radical (unpaired) electrons. The van der Waals surface area contributed by atoms with Crippen molar-refractivity contribution in [3.8, 4) is 17.2 Å². The summed E-state index contributed by atoms with van der Waals surface area (Å²) in [6.07, 6.45) is 1.53. The smallest absolute Gasteiger partial charge is 0.343 e. The van der Waals surface area contributed by atoms with E-state index in [1.54, 1.807) is 55.6 Å². The highest BCUT2D eigenvalue weighted by Gasteiger charge is 2.28. The van der Waals surface area contributed by atoms with Crippen LogP contribution in [0.4, 0.5) is 0 Å². The Kier molecular flexibility index (Phi) is 5.48. The second-order valence-electron chi connectivity index (χ2n) is 6.36. The van der Waals surface area contributed by atoms with Crippen molar-refractivity contribution < 1.29 is 23.8 Å². The topological polar surface area (TPSA) is 61.8 Å². The molecular formula is C23H14Cl2O5. The third kappa shape index (κ3) is 3.90. The van der Waals surface area contributed by atoms with E-state index in [9.17, 15) is 9.59 Å². The number of benzene rings is 3. The Hall–Kier alpha value is -3.28. The molecule has 30 heavy (non-hydrogen) atoms. The predicted octanol–water partition coefficient (Wildman–Crippen LogP) is 5.84. The Morgan fingerprint density at radius 2 is 1.73 bits per heavy atom. The number of hydrogen-bond acceptors (Lipinski definition) is 5. The second kappa shape index (κ2) is 8.22. The van der Waals surface area contributed by atoms with Gasteiger partial charge in [-0.05, 0) is 54.1 Å². The van der Waals surface area contributed by atoms with E-state index in [-0.39, 0.29) is 17.3 Å². The second-order valence-corrected chi connectivity index (χ2v) is 7.14. The lowest BCUT2D eigenvalue weighted by atomic mass is 10.1. The monoisotopic (exact) mass is 440 g/mol. The predicted molar refractivity (Wildman–Crippen MR) is 114 cm³/mol. The minimum absolute atomic E-state index is 0.104. The molecule has 0 saturated carbocycles. The molecule has 3 aromatic carbocycles. The van der Waals surface area contributed by atoms with Crippen molar-refractivity contribution >= 4 is 41.0 Å². The van der Waals surface area contributed by atoms with Crippen molar-refractivity contribution in [2.45, 2.75) is 0 Å². The van der Waals surface area contributed by atoms with Crippen molar-refractivity contribution in [3.63, 3.8) is 0 Å². The standard InChI is InChI=1S/C23H14Cl2O5/c1-28-15-7-5-13(6-8-15)23(27)29-16-9-10-17-19(12-16)30-20(22(17)26)11-14-3-2-4-18(24)21(14)25/h2-12H,1H3/b20-11-. The summed E-state index contributed by atoms with van der Waals surface area (Å²) in [4.78, 5) is 25.0. The molecule has 0 fully saturated rings. The number of rotatable bonds is 4. The number of allylic oxidation sites excluding steroid dienone is 1. The first-order valence-corrected chi connectivity index (χ1v) is 9.60. The van der Waals surface area contributed by atoms with Gasteiger partial charge < -0.3 is 14.2 Å². The number of esters is 1. The number of carbonyl (C=O) groups is 2. The molecule has 150 valence electrons. The molecule has 0 saturated heterocycles. The fourth-order valence-corrected chi connectivity index (χ4v) is 3.26. The maximum absolute atomic E-state index is 12.6. The molecule has 0 amide bonds. The van der Waals surface area contributed by atoms with Gasteiger partial charge in [-0.3, -0.25) is 4.79 Å². The lowest BCUT2D eigenvalue weighted by Gasteiger charge is -2.06. The van der Waals surface area contributed by atoms with Gasteiger partial charge >= 0.3 is 5.97 Å². The van der Waals surface area contributed by atoms with Crippen molar-refractivity contribution in [2.24, 2.45) is 0 Å². The third-order valence-corrected chi connectivity index (χ3v) is 5.28. The van der Waals surface area contributed by atoms with E-state index in [2.05, 4.69) is 0 Å². The van der Waals surface area contributed by atoms with Crippen LogP contribution < -0.4 is 14.2 Å². The Balaban J connectivity index is 1.55. The van der Waals surface area contributed by atoms with Crippen LogP contribution >= 0.6 is 23.2 Å². The highest BCUT2D eigenvalue weighted by atomic mass is 35.5. The number of carbonyl (C=O) groups excluding carboxylic acids is 2. The van der Waals surface area contributed by atoms with Crippen LogP contribution in [0, 0.1) is 0 Å². The SMILES string of the molecule is COc1ccc(C(=O)Oc2ccc3c(c2)O/C(=C\c2cccc(Cl)c2Cl)C3=O)cc1. The van der Waals surface area contributed by atoms with Crippen LogP contribution in [0.3, 0.4) is 0 Å². The van der Waals surface area contributed by atoms with Gasteiger partial charge in [-0.25, -0.2) is 4.79 Å². The van der Waals surface area contributed by atoms with E-state index < -0.39 is 5.97 Å².